The second kappa shape index (κ2) is 5.98. The number of hydrogen-bond acceptors (Lipinski definition) is 3. The Kier molecular flexibility index (Phi) is 3.83. The molecule has 0 unspecified atom stereocenters. The molecular weight excluding hydrogens is 330 g/mol. The van der Waals surface area contributed by atoms with Crippen LogP contribution in [0.4, 0.5) is 0 Å². The molecule has 118 valence electrons. The number of thiophene rings is 1. The molecule has 3 heterocycles. The molecule has 0 bridgehead atoms. The summed E-state index contributed by atoms with van der Waals surface area (Å²) < 4.78 is 0.652. The van der Waals surface area contributed by atoms with E-state index in [1.54, 1.807) is 12.1 Å². The first-order valence-corrected chi connectivity index (χ1v) is 8.89. The van der Waals surface area contributed by atoms with Gasteiger partial charge in [-0.25, -0.2) is 4.98 Å². The Hall–Kier alpha value is -1.85. The maximum absolute atomic E-state index is 12.6. The SMILES string of the molecule is O=C(c1ccc(Cl)s1)N1CCC[C@@H](c2nc3ccccc3[nH]2)C1. The van der Waals surface area contributed by atoms with Crippen LogP contribution in [0.5, 0.6) is 0 Å². The number of nitrogens with zero attached hydrogens (tertiary/aromatic N) is 2. The van der Waals surface area contributed by atoms with Crippen molar-refractivity contribution in [2.75, 3.05) is 13.1 Å². The van der Waals surface area contributed by atoms with Gasteiger partial charge in [0, 0.05) is 19.0 Å². The lowest BCUT2D eigenvalue weighted by molar-refractivity contribution is 0.0710. The Bertz CT molecular complexity index is 823. The summed E-state index contributed by atoms with van der Waals surface area (Å²) in [6, 6.07) is 11.6. The van der Waals surface area contributed by atoms with Gasteiger partial charge in [0.2, 0.25) is 0 Å². The van der Waals surface area contributed by atoms with Gasteiger partial charge >= 0.3 is 0 Å². The van der Waals surface area contributed by atoms with Crippen molar-refractivity contribution < 1.29 is 4.79 Å². The van der Waals surface area contributed by atoms with Crippen molar-refractivity contribution in [3.05, 3.63) is 51.4 Å². The van der Waals surface area contributed by atoms with Crippen LogP contribution in [-0.2, 0) is 0 Å². The van der Waals surface area contributed by atoms with E-state index in [1.807, 2.05) is 29.2 Å². The molecule has 1 amide bonds. The Morgan fingerprint density at radius 1 is 1.30 bits per heavy atom. The first kappa shape index (κ1) is 14.7. The molecule has 1 aliphatic heterocycles. The number of carbonyl (C=O) groups is 1. The van der Waals surface area contributed by atoms with E-state index < -0.39 is 0 Å². The van der Waals surface area contributed by atoms with Gasteiger partial charge in [0.15, 0.2) is 0 Å². The lowest BCUT2D eigenvalue weighted by Crippen LogP contribution is -2.39. The van der Waals surface area contributed by atoms with E-state index in [-0.39, 0.29) is 11.8 Å². The minimum atomic E-state index is 0.0720. The van der Waals surface area contributed by atoms with Crippen LogP contribution in [0.2, 0.25) is 4.34 Å². The van der Waals surface area contributed by atoms with E-state index in [9.17, 15) is 4.79 Å². The van der Waals surface area contributed by atoms with Crippen molar-refractivity contribution in [1.82, 2.24) is 14.9 Å². The summed E-state index contributed by atoms with van der Waals surface area (Å²) >= 11 is 7.29. The van der Waals surface area contributed by atoms with E-state index >= 15 is 0 Å². The molecule has 4 nitrogen and oxygen atoms in total. The number of nitrogens with one attached hydrogen (secondary N) is 1. The Balaban J connectivity index is 1.55. The number of piperidine rings is 1. The smallest absolute Gasteiger partial charge is 0.263 e. The van der Waals surface area contributed by atoms with Crippen LogP contribution in [0.25, 0.3) is 11.0 Å². The highest BCUT2D eigenvalue weighted by atomic mass is 35.5. The highest BCUT2D eigenvalue weighted by Crippen LogP contribution is 2.29. The molecule has 4 rings (SSSR count). The fraction of sp³-hybridized carbons (Fsp3) is 0.294. The van der Waals surface area contributed by atoms with E-state index in [0.717, 1.165) is 36.2 Å². The number of H-pyrrole nitrogens is 1. The number of aromatic amines is 1. The molecule has 1 N–H and O–H groups in total. The number of amides is 1. The predicted molar refractivity (Wildman–Crippen MR) is 93.3 cm³/mol. The van der Waals surface area contributed by atoms with Crippen LogP contribution in [0.3, 0.4) is 0 Å². The second-order valence-corrected chi connectivity index (χ2v) is 7.55. The van der Waals surface area contributed by atoms with Crippen LogP contribution < -0.4 is 0 Å². The molecule has 1 aromatic carbocycles. The molecular formula is C17H16ClN3OS. The van der Waals surface area contributed by atoms with Crippen molar-refractivity contribution in [2.24, 2.45) is 0 Å². The van der Waals surface area contributed by atoms with Crippen molar-refractivity contribution >= 4 is 39.9 Å². The standard InChI is InChI=1S/C17H16ClN3OS/c18-15-8-7-14(23-15)17(22)21-9-3-4-11(10-21)16-19-12-5-1-2-6-13(12)20-16/h1-2,5-8,11H,3-4,9-10H2,(H,19,20)/t11-/m1/s1. The van der Waals surface area contributed by atoms with Gasteiger partial charge in [-0.1, -0.05) is 23.7 Å². The van der Waals surface area contributed by atoms with Crippen LogP contribution in [0.1, 0.15) is 34.3 Å². The number of fused-ring (bicyclic) bond motifs is 1. The van der Waals surface area contributed by atoms with E-state index in [1.165, 1.54) is 11.3 Å². The Morgan fingerprint density at radius 2 is 2.17 bits per heavy atom. The molecule has 1 aliphatic rings. The summed E-state index contributed by atoms with van der Waals surface area (Å²) in [4.78, 5) is 23.3. The summed E-state index contributed by atoms with van der Waals surface area (Å²) in [6.45, 7) is 1.50. The van der Waals surface area contributed by atoms with Gasteiger partial charge in [0.1, 0.15) is 5.82 Å². The lowest BCUT2D eigenvalue weighted by Gasteiger charge is -2.31. The molecule has 1 saturated heterocycles. The summed E-state index contributed by atoms with van der Waals surface area (Å²) in [5.74, 6) is 1.31. The lowest BCUT2D eigenvalue weighted by atomic mass is 9.97. The molecule has 0 aliphatic carbocycles. The van der Waals surface area contributed by atoms with E-state index in [2.05, 4.69) is 4.98 Å². The third-order valence-corrected chi connectivity index (χ3v) is 5.51. The minimum absolute atomic E-state index is 0.0720. The number of para-hydroxylation sites is 2. The zero-order valence-electron chi connectivity index (χ0n) is 12.5. The maximum Gasteiger partial charge on any atom is 0.263 e. The third kappa shape index (κ3) is 2.86. The fourth-order valence-corrected chi connectivity index (χ4v) is 4.15. The van der Waals surface area contributed by atoms with Gasteiger partial charge in [-0.2, -0.15) is 0 Å². The number of imidazole rings is 1. The summed E-state index contributed by atoms with van der Waals surface area (Å²) in [7, 11) is 0. The average Bonchev–Trinajstić information content (AvgIpc) is 3.20. The Labute approximate surface area is 143 Å². The number of likely N-dealkylation sites (tertiary alicyclic amines) is 1. The summed E-state index contributed by atoms with van der Waals surface area (Å²) in [5.41, 5.74) is 2.03. The summed E-state index contributed by atoms with van der Waals surface area (Å²) in [6.07, 6.45) is 2.04. The van der Waals surface area contributed by atoms with Gasteiger partial charge < -0.3 is 9.88 Å². The molecule has 0 radical (unpaired) electrons. The van der Waals surface area contributed by atoms with Crippen molar-refractivity contribution in [3.63, 3.8) is 0 Å². The van der Waals surface area contributed by atoms with E-state index in [4.69, 9.17) is 16.6 Å². The van der Waals surface area contributed by atoms with Gasteiger partial charge in [0.05, 0.1) is 20.2 Å². The number of carbonyl (C=O) groups excluding carboxylic acids is 1. The normalized spacial score (nSPS) is 18.5. The fourth-order valence-electron chi connectivity index (χ4n) is 3.14. The van der Waals surface area contributed by atoms with Gasteiger partial charge in [-0.15, -0.1) is 11.3 Å². The maximum atomic E-state index is 12.6. The second-order valence-electron chi connectivity index (χ2n) is 5.83. The molecule has 0 saturated carbocycles. The molecule has 23 heavy (non-hydrogen) atoms. The summed E-state index contributed by atoms with van der Waals surface area (Å²) in [5, 5.41) is 0. The first-order chi connectivity index (χ1) is 11.2. The Morgan fingerprint density at radius 3 is 2.96 bits per heavy atom. The number of rotatable bonds is 2. The number of aromatic nitrogens is 2. The number of benzene rings is 1. The molecule has 2 aromatic heterocycles. The van der Waals surface area contributed by atoms with Crippen LogP contribution in [0, 0.1) is 0 Å². The molecule has 6 heteroatoms. The number of halogens is 1. The quantitative estimate of drug-likeness (QED) is 0.752. The third-order valence-electron chi connectivity index (χ3n) is 4.29. The van der Waals surface area contributed by atoms with Crippen LogP contribution in [0.15, 0.2) is 36.4 Å². The van der Waals surface area contributed by atoms with Crippen molar-refractivity contribution in [1.29, 1.82) is 0 Å². The highest BCUT2D eigenvalue weighted by molar-refractivity contribution is 7.17. The largest absolute Gasteiger partial charge is 0.342 e. The molecule has 1 fully saturated rings. The molecule has 3 aromatic rings. The highest BCUT2D eigenvalue weighted by Gasteiger charge is 2.28. The first-order valence-electron chi connectivity index (χ1n) is 7.70. The monoisotopic (exact) mass is 345 g/mol. The average molecular weight is 346 g/mol. The topological polar surface area (TPSA) is 49.0 Å². The van der Waals surface area contributed by atoms with Gasteiger partial charge in [0.25, 0.3) is 5.91 Å². The van der Waals surface area contributed by atoms with Gasteiger partial charge in [-0.05, 0) is 37.1 Å². The molecule has 0 spiro atoms. The zero-order chi connectivity index (χ0) is 15.8. The minimum Gasteiger partial charge on any atom is -0.342 e. The zero-order valence-corrected chi connectivity index (χ0v) is 14.0. The van der Waals surface area contributed by atoms with Crippen LogP contribution >= 0.6 is 22.9 Å². The van der Waals surface area contributed by atoms with Crippen molar-refractivity contribution in [2.45, 2.75) is 18.8 Å². The van der Waals surface area contributed by atoms with E-state index in [0.29, 0.717) is 15.8 Å². The number of hydrogen-bond donors (Lipinski definition) is 1. The van der Waals surface area contributed by atoms with Crippen molar-refractivity contribution in [3.8, 4) is 0 Å². The predicted octanol–water partition coefficient (Wildman–Crippen LogP) is 4.30. The van der Waals surface area contributed by atoms with Crippen LogP contribution in [-0.4, -0.2) is 33.9 Å². The molecule has 1 atom stereocenters. The van der Waals surface area contributed by atoms with Gasteiger partial charge in [-0.3, -0.25) is 4.79 Å².